The molecular formula is C11H16N2. The molecule has 1 aliphatic heterocycles. The Labute approximate surface area is 79.4 Å². The normalized spacial score (nSPS) is 28.7. The number of nitrogens with zero attached hydrogens (tertiary/aromatic N) is 1. The first-order valence-corrected chi connectivity index (χ1v) is 4.92. The molecular weight excluding hydrogens is 160 g/mol. The lowest BCUT2D eigenvalue weighted by Crippen LogP contribution is -2.41. The van der Waals surface area contributed by atoms with Gasteiger partial charge in [0.05, 0.1) is 0 Å². The third-order valence-corrected chi connectivity index (χ3v) is 2.96. The summed E-state index contributed by atoms with van der Waals surface area (Å²) in [5.74, 6) is 0. The minimum absolute atomic E-state index is 0.298. The second kappa shape index (κ2) is 3.46. The van der Waals surface area contributed by atoms with Gasteiger partial charge in [0, 0.05) is 24.4 Å². The fraction of sp³-hybridized carbons (Fsp3) is 0.545. The summed E-state index contributed by atoms with van der Waals surface area (Å²) in [4.78, 5) is 4.18. The van der Waals surface area contributed by atoms with Crippen LogP contribution in [0.4, 0.5) is 0 Å². The summed E-state index contributed by atoms with van der Waals surface area (Å²) in [6.07, 6.45) is 6.37. The highest BCUT2D eigenvalue weighted by atomic mass is 14.9. The van der Waals surface area contributed by atoms with Crippen LogP contribution in [0.25, 0.3) is 0 Å². The first kappa shape index (κ1) is 8.70. The van der Waals surface area contributed by atoms with Gasteiger partial charge in [0.1, 0.15) is 0 Å². The minimum Gasteiger partial charge on any atom is -0.316 e. The summed E-state index contributed by atoms with van der Waals surface area (Å²) in [5.41, 5.74) is 1.66. The van der Waals surface area contributed by atoms with E-state index in [0.717, 1.165) is 13.1 Å². The Morgan fingerprint density at radius 3 is 3.08 bits per heavy atom. The van der Waals surface area contributed by atoms with Crippen LogP contribution in [0.3, 0.4) is 0 Å². The second-order valence-corrected chi connectivity index (χ2v) is 4.08. The summed E-state index contributed by atoms with van der Waals surface area (Å²) in [5, 5.41) is 3.45. The van der Waals surface area contributed by atoms with E-state index in [1.807, 2.05) is 18.5 Å². The van der Waals surface area contributed by atoms with Crippen LogP contribution in [0.1, 0.15) is 25.3 Å². The zero-order valence-electron chi connectivity index (χ0n) is 8.09. The monoisotopic (exact) mass is 176 g/mol. The lowest BCUT2D eigenvalue weighted by atomic mass is 9.77. The number of aromatic nitrogens is 1. The van der Waals surface area contributed by atoms with Gasteiger partial charge in [0.2, 0.25) is 0 Å². The molecule has 1 saturated heterocycles. The highest BCUT2D eigenvalue weighted by Gasteiger charge is 2.28. The molecule has 1 aliphatic rings. The molecule has 0 spiro atoms. The topological polar surface area (TPSA) is 24.9 Å². The first-order chi connectivity index (χ1) is 6.31. The fourth-order valence-corrected chi connectivity index (χ4v) is 2.02. The zero-order valence-corrected chi connectivity index (χ0v) is 8.09. The van der Waals surface area contributed by atoms with Crippen molar-refractivity contribution in [3.05, 3.63) is 30.1 Å². The summed E-state index contributed by atoms with van der Waals surface area (Å²) >= 11 is 0. The van der Waals surface area contributed by atoms with Crippen LogP contribution in [0.15, 0.2) is 24.5 Å². The van der Waals surface area contributed by atoms with Crippen molar-refractivity contribution in [2.45, 2.75) is 25.2 Å². The molecule has 0 amide bonds. The van der Waals surface area contributed by atoms with Gasteiger partial charge in [0.25, 0.3) is 0 Å². The Balaban J connectivity index is 2.23. The second-order valence-electron chi connectivity index (χ2n) is 4.08. The Bertz CT molecular complexity index is 263. The molecule has 0 radical (unpaired) electrons. The maximum absolute atomic E-state index is 4.18. The van der Waals surface area contributed by atoms with E-state index in [0.29, 0.717) is 5.41 Å². The molecule has 2 nitrogen and oxygen atoms in total. The number of hydrogen-bond acceptors (Lipinski definition) is 2. The maximum Gasteiger partial charge on any atom is 0.0305 e. The molecule has 2 rings (SSSR count). The predicted octanol–water partition coefficient (Wildman–Crippen LogP) is 1.72. The summed E-state index contributed by atoms with van der Waals surface area (Å²) in [6, 6.07) is 4.20. The lowest BCUT2D eigenvalue weighted by Gasteiger charge is -2.34. The van der Waals surface area contributed by atoms with Gasteiger partial charge in [0.15, 0.2) is 0 Å². The lowest BCUT2D eigenvalue weighted by molar-refractivity contribution is 0.339. The number of nitrogens with one attached hydrogen (secondary N) is 1. The van der Waals surface area contributed by atoms with E-state index < -0.39 is 0 Å². The van der Waals surface area contributed by atoms with E-state index in [2.05, 4.69) is 23.3 Å². The SMILES string of the molecule is CC1(c2cccnc2)CCCNC1. The molecule has 2 heteroatoms. The van der Waals surface area contributed by atoms with Crippen molar-refractivity contribution >= 4 is 0 Å². The predicted molar refractivity (Wildman–Crippen MR) is 53.7 cm³/mol. The van der Waals surface area contributed by atoms with Gasteiger partial charge in [-0.25, -0.2) is 0 Å². The molecule has 1 unspecified atom stereocenters. The fourth-order valence-electron chi connectivity index (χ4n) is 2.02. The van der Waals surface area contributed by atoms with E-state index >= 15 is 0 Å². The van der Waals surface area contributed by atoms with Crippen molar-refractivity contribution in [2.24, 2.45) is 0 Å². The molecule has 13 heavy (non-hydrogen) atoms. The molecule has 1 atom stereocenters. The Hall–Kier alpha value is -0.890. The van der Waals surface area contributed by atoms with Gasteiger partial charge in [-0.2, -0.15) is 0 Å². The van der Waals surface area contributed by atoms with Crippen LogP contribution in [0.2, 0.25) is 0 Å². The van der Waals surface area contributed by atoms with E-state index in [9.17, 15) is 0 Å². The van der Waals surface area contributed by atoms with Gasteiger partial charge in [-0.1, -0.05) is 13.0 Å². The molecule has 0 bridgehead atoms. The standard InChI is InChI=1S/C11H16N2/c1-11(5-3-7-13-9-11)10-4-2-6-12-8-10/h2,4,6,8,13H,3,5,7,9H2,1H3. The first-order valence-electron chi connectivity index (χ1n) is 4.92. The zero-order chi connectivity index (χ0) is 9.15. The molecule has 1 aromatic rings. The molecule has 1 aromatic heterocycles. The highest BCUT2D eigenvalue weighted by Crippen LogP contribution is 2.29. The van der Waals surface area contributed by atoms with Crippen molar-refractivity contribution in [2.75, 3.05) is 13.1 Å². The van der Waals surface area contributed by atoms with Gasteiger partial charge >= 0.3 is 0 Å². The third kappa shape index (κ3) is 1.73. The quantitative estimate of drug-likeness (QED) is 0.704. The Morgan fingerprint density at radius 1 is 1.54 bits per heavy atom. The van der Waals surface area contributed by atoms with Crippen LogP contribution in [-0.4, -0.2) is 18.1 Å². The Kier molecular flexibility index (Phi) is 2.32. The van der Waals surface area contributed by atoms with Gasteiger partial charge in [-0.15, -0.1) is 0 Å². The van der Waals surface area contributed by atoms with Crippen molar-refractivity contribution in [3.8, 4) is 0 Å². The van der Waals surface area contributed by atoms with Crippen molar-refractivity contribution in [1.29, 1.82) is 0 Å². The molecule has 70 valence electrons. The average molecular weight is 176 g/mol. The summed E-state index contributed by atoms with van der Waals surface area (Å²) in [6.45, 7) is 4.56. The molecule has 2 heterocycles. The van der Waals surface area contributed by atoms with Crippen molar-refractivity contribution < 1.29 is 0 Å². The average Bonchev–Trinajstić information content (AvgIpc) is 2.20. The Morgan fingerprint density at radius 2 is 2.46 bits per heavy atom. The summed E-state index contributed by atoms with van der Waals surface area (Å²) < 4.78 is 0. The van der Waals surface area contributed by atoms with E-state index in [1.54, 1.807) is 0 Å². The molecule has 1 fully saturated rings. The van der Waals surface area contributed by atoms with Crippen LogP contribution >= 0.6 is 0 Å². The maximum atomic E-state index is 4.18. The van der Waals surface area contributed by atoms with E-state index in [4.69, 9.17) is 0 Å². The van der Waals surface area contributed by atoms with Crippen LogP contribution in [0.5, 0.6) is 0 Å². The van der Waals surface area contributed by atoms with E-state index in [1.165, 1.54) is 18.4 Å². The van der Waals surface area contributed by atoms with Gasteiger partial charge < -0.3 is 5.32 Å². The third-order valence-electron chi connectivity index (χ3n) is 2.96. The van der Waals surface area contributed by atoms with Crippen LogP contribution < -0.4 is 5.32 Å². The van der Waals surface area contributed by atoms with Crippen LogP contribution in [0, 0.1) is 0 Å². The molecule has 1 N–H and O–H groups in total. The summed E-state index contributed by atoms with van der Waals surface area (Å²) in [7, 11) is 0. The molecule has 0 aliphatic carbocycles. The minimum atomic E-state index is 0.298. The smallest absolute Gasteiger partial charge is 0.0305 e. The van der Waals surface area contributed by atoms with Crippen molar-refractivity contribution in [3.63, 3.8) is 0 Å². The number of pyridine rings is 1. The highest BCUT2D eigenvalue weighted by molar-refractivity contribution is 5.21. The van der Waals surface area contributed by atoms with E-state index in [-0.39, 0.29) is 0 Å². The van der Waals surface area contributed by atoms with Gasteiger partial charge in [-0.3, -0.25) is 4.98 Å². The number of rotatable bonds is 1. The largest absolute Gasteiger partial charge is 0.316 e. The number of piperidine rings is 1. The number of hydrogen-bond donors (Lipinski definition) is 1. The van der Waals surface area contributed by atoms with Crippen LogP contribution in [-0.2, 0) is 5.41 Å². The van der Waals surface area contributed by atoms with Crippen molar-refractivity contribution in [1.82, 2.24) is 10.3 Å². The molecule has 0 aromatic carbocycles. The van der Waals surface area contributed by atoms with Gasteiger partial charge in [-0.05, 0) is 31.0 Å². The molecule has 0 saturated carbocycles.